The first kappa shape index (κ1) is 56.4. The lowest BCUT2D eigenvalue weighted by molar-refractivity contribution is 0.297. The molecule has 0 amide bonds. The van der Waals surface area contributed by atoms with E-state index >= 15 is 0 Å². The maximum Gasteiger partial charge on any atom is 0.237 e. The van der Waals surface area contributed by atoms with Crippen LogP contribution in [0.2, 0.25) is 0 Å². The van der Waals surface area contributed by atoms with Gasteiger partial charge in [-0.15, -0.1) is 0 Å². The molecule has 12 heterocycles. The summed E-state index contributed by atoms with van der Waals surface area (Å²) in [6.07, 6.45) is -3.97. The zero-order chi connectivity index (χ0) is 110. The van der Waals surface area contributed by atoms with Crippen LogP contribution < -0.4 is 0 Å². The second-order valence-corrected chi connectivity index (χ2v) is 27.4. The van der Waals surface area contributed by atoms with Gasteiger partial charge in [0.2, 0.25) is 35.4 Å². The van der Waals surface area contributed by atoms with Crippen LogP contribution in [0, 0.1) is 0 Å². The Bertz CT molecular complexity index is 4950. The zero-order valence-corrected chi connectivity index (χ0v) is 69.2. The van der Waals surface area contributed by atoms with Crippen molar-refractivity contribution in [2.75, 3.05) is 200 Å². The van der Waals surface area contributed by atoms with Crippen molar-refractivity contribution in [1.29, 1.82) is 0 Å². The van der Waals surface area contributed by atoms with Crippen molar-refractivity contribution < 1.29 is 73.7 Å². The molecule has 0 unspecified atom stereocenters. The van der Waals surface area contributed by atoms with Crippen molar-refractivity contribution in [1.82, 2.24) is 29.4 Å². The molecule has 114 heavy (non-hydrogen) atoms. The number of hydrogen-bond donors (Lipinski definition) is 0. The summed E-state index contributed by atoms with van der Waals surface area (Å²) >= 11 is 0. The van der Waals surface area contributed by atoms with Crippen molar-refractivity contribution in [3.8, 4) is 0 Å². The van der Waals surface area contributed by atoms with Crippen LogP contribution in [0.5, 0.6) is 0 Å². The van der Waals surface area contributed by atoms with E-state index in [1.165, 1.54) is 34.1 Å². The van der Waals surface area contributed by atoms with Gasteiger partial charge in [0.1, 0.15) is 74.3 Å². The minimum Gasteiger partial charge on any atom is -0.476 e. The van der Waals surface area contributed by atoms with Gasteiger partial charge in [0, 0.05) is 124 Å². The van der Waals surface area contributed by atoms with Crippen molar-refractivity contribution >= 4 is 69.7 Å². The van der Waals surface area contributed by atoms with Gasteiger partial charge in [-0.25, -0.2) is 30.0 Å². The van der Waals surface area contributed by atoms with Gasteiger partial charge in [-0.1, -0.05) is 193 Å². The third-order valence-electron chi connectivity index (χ3n) is 18.2. The molecule has 0 aromatic heterocycles. The van der Waals surface area contributed by atoms with Crippen molar-refractivity contribution in [2.45, 2.75) is 234 Å². The van der Waals surface area contributed by atoms with Crippen LogP contribution in [0.25, 0.3) is 0 Å². The highest BCUT2D eigenvalue weighted by molar-refractivity contribution is 6.49. The smallest absolute Gasteiger partial charge is 0.237 e. The summed E-state index contributed by atoms with van der Waals surface area (Å²) in [6.45, 7) is 12.3. The van der Waals surface area contributed by atoms with Crippen molar-refractivity contribution in [3.63, 3.8) is 0 Å². The molecule has 0 aromatic rings. The standard InChI is InChI=1S/6C15H25N3O/c6*1-3-4-5-6-10-19-15-14(16-12-17-15)13-8-7-9-18(2)11-13/h6*8H,3-7,9-12H2,1-2H3/i2D3,3D2,4D2,5D2;3D2,4D2,5D2;2D3,3D2,4D2;3D2,4D2;2D3,4D2;4D2. The molecule has 12 rings (SSSR count). The molecule has 0 aromatic carbocycles. The third-order valence-corrected chi connectivity index (χ3v) is 18.2. The third kappa shape index (κ3) is 35.5. The fourth-order valence-corrected chi connectivity index (χ4v) is 12.6. The molecule has 24 heteroatoms. The Morgan fingerprint density at radius 2 is 0.474 bits per heavy atom. The van der Waals surface area contributed by atoms with Gasteiger partial charge in [0.05, 0.1) is 39.6 Å². The summed E-state index contributed by atoms with van der Waals surface area (Å²) < 4.78 is 287. The molecule has 0 saturated carbocycles. The highest BCUT2D eigenvalue weighted by Gasteiger charge is 2.29. The maximum atomic E-state index is 7.92. The van der Waals surface area contributed by atoms with Gasteiger partial charge in [0.15, 0.2) is 0 Å². The summed E-state index contributed by atoms with van der Waals surface area (Å²) in [7, 11) is 6.20. The van der Waals surface area contributed by atoms with E-state index in [0.29, 0.717) is 195 Å². The van der Waals surface area contributed by atoms with Gasteiger partial charge in [-0.05, 0) is 153 Å². The van der Waals surface area contributed by atoms with Crippen LogP contribution >= 0.6 is 0 Å². The Hall–Kier alpha value is -6.96. The molecule has 0 aliphatic carbocycles. The first-order valence-electron chi connectivity index (χ1n) is 56.8. The molecule has 0 bridgehead atoms. The van der Waals surface area contributed by atoms with Crippen LogP contribution in [0.15, 0.2) is 130 Å². The number of rotatable bonds is 36. The fourth-order valence-electron chi connectivity index (χ4n) is 12.6. The van der Waals surface area contributed by atoms with Gasteiger partial charge in [-0.2, -0.15) is 0 Å². The van der Waals surface area contributed by atoms with E-state index in [1.807, 2.05) is 39.1 Å². The van der Waals surface area contributed by atoms with Crippen LogP contribution in [0.3, 0.4) is 0 Å². The van der Waals surface area contributed by atoms with Crippen LogP contribution in [-0.2, 0) is 28.4 Å². The fraction of sp³-hybridized carbons (Fsp3) is 0.733. The monoisotopic (exact) mass is 1610 g/mol. The van der Waals surface area contributed by atoms with Crippen LogP contribution in [0.4, 0.5) is 0 Å². The average Bonchev–Trinajstić information content (AvgIpc) is 1.69. The van der Waals surface area contributed by atoms with Crippen molar-refractivity contribution in [2.24, 2.45) is 59.9 Å². The minimum atomic E-state index is -2.70. The van der Waals surface area contributed by atoms with E-state index in [1.54, 1.807) is 0 Å². The molecule has 24 nitrogen and oxygen atoms in total. The molecule has 0 fully saturated rings. The molecule has 0 spiro atoms. The molecule has 0 N–H and O–H groups in total. The van der Waals surface area contributed by atoms with Crippen LogP contribution in [-0.4, -0.2) is 299 Å². The maximum absolute atomic E-state index is 7.92. The number of hydrogen-bond acceptors (Lipinski definition) is 24. The van der Waals surface area contributed by atoms with E-state index in [9.17, 15) is 0 Å². The second kappa shape index (κ2) is 57.2. The molecule has 0 atom stereocenters. The largest absolute Gasteiger partial charge is 0.476 e. The van der Waals surface area contributed by atoms with Gasteiger partial charge in [0.25, 0.3) is 0 Å². The minimum absolute atomic E-state index is 0.0335. The molecule has 12 aliphatic heterocycles. The predicted octanol–water partition coefficient (Wildman–Crippen LogP) is 15.9. The lowest BCUT2D eigenvalue weighted by Crippen LogP contribution is -2.31. The highest BCUT2D eigenvalue weighted by atomic mass is 16.5. The number of ether oxygens (including phenoxy) is 6. The SMILES string of the molecule is [2H]C([2H])(C)C([2H])([2H])C([2H])([2H])CCOC1=NCN=C1C1=CCCN(C)C1.[2H]C([2H])(C)C([2H])([2H])CCCOC1=NCN=C1C1=CCCN(C)C1.[2H]C([2H])(CC)CCCOC1=NCN=C1C1=CCCN(C([2H])([2H])[2H])C1.[2H]C([2H])(CC)CCCOC1=NCN=C1C1=CCCN(C)C1.[2H]C([2H])([2H])N1CCC=C(C2=NCN=C2OCCC([2H])([2H])C([2H])([2H])C([2H])([2H])C)C1.[2H]C([2H])([2H])N1CCC=C(C2=NCN=C2OCCCC([2H])([2H])C([2H])([2H])C)C1. The van der Waals surface area contributed by atoms with Gasteiger partial charge in [-0.3, -0.25) is 30.0 Å². The Labute approximate surface area is 734 Å². The molecule has 636 valence electrons. The normalized spacial score (nSPS) is 26.1. The van der Waals surface area contributed by atoms with Gasteiger partial charge < -0.3 is 57.8 Å². The summed E-state index contributed by atoms with van der Waals surface area (Å²) in [5.41, 5.74) is 9.69. The highest BCUT2D eigenvalue weighted by Crippen LogP contribution is 2.22. The molecule has 0 radical (unpaired) electrons. The quantitative estimate of drug-likeness (QED) is 0.0534. The summed E-state index contributed by atoms with van der Waals surface area (Å²) in [4.78, 5) is 62.2. The second-order valence-electron chi connectivity index (χ2n) is 27.4. The lowest BCUT2D eigenvalue weighted by atomic mass is 10.1. The first-order chi connectivity index (χ1) is 68.0. The molecule has 0 saturated heterocycles. The zero-order valence-electron chi connectivity index (χ0n) is 102. The van der Waals surface area contributed by atoms with E-state index < -0.39 is 97.4 Å². The summed E-state index contributed by atoms with van der Waals surface area (Å²) in [5, 5.41) is 0. The Balaban J connectivity index is 0.000000239. The van der Waals surface area contributed by atoms with E-state index in [4.69, 9.17) is 73.7 Å². The molecular formula is C90H150N18O6. The summed E-state index contributed by atoms with van der Waals surface area (Å²) in [6, 6.07) is 0. The lowest BCUT2D eigenvalue weighted by Gasteiger charge is -2.23. The number of nitrogens with zero attached hydrogens (tertiary/aromatic N) is 18. The topological polar surface area (TPSA) is 223 Å². The van der Waals surface area contributed by atoms with E-state index in [0.717, 1.165) is 106 Å². The average molecular weight is 1610 g/mol. The Morgan fingerprint density at radius 1 is 0.263 bits per heavy atom. The van der Waals surface area contributed by atoms with E-state index in [2.05, 4.69) is 107 Å². The predicted molar refractivity (Wildman–Crippen MR) is 480 cm³/mol. The van der Waals surface area contributed by atoms with Gasteiger partial charge >= 0.3 is 0 Å². The molecule has 12 aliphatic rings. The van der Waals surface area contributed by atoms with E-state index in [-0.39, 0.29) is 84.5 Å². The first-order valence-corrected chi connectivity index (χ1v) is 40.3. The number of aliphatic imine (C=N–C) groups is 12. The van der Waals surface area contributed by atoms with Crippen molar-refractivity contribution in [3.05, 3.63) is 69.9 Å². The Morgan fingerprint density at radius 3 is 0.684 bits per heavy atom. The van der Waals surface area contributed by atoms with Crippen LogP contribution in [0.1, 0.15) is 279 Å². The number of likely N-dealkylation sites (N-methyl/N-ethyl adjacent to an activating group) is 6. The summed E-state index contributed by atoms with van der Waals surface area (Å²) in [5.74, 6) is 2.50. The Kier molecular flexibility index (Phi) is 28.3. The molecular weight excluding hydrogens is 1430 g/mol.